The first kappa shape index (κ1) is 42.6. The minimum absolute atomic E-state index is 0.0284. The Balaban J connectivity index is 0. The molecule has 0 amide bonds. The molecule has 0 saturated carbocycles. The van der Waals surface area contributed by atoms with Gasteiger partial charge >= 0.3 is 5.97 Å². The number of carbonyl (C=O) groups excluding carboxylic acids is 1. The van der Waals surface area contributed by atoms with Crippen LogP contribution in [0.2, 0.25) is 0 Å². The van der Waals surface area contributed by atoms with Crippen LogP contribution < -0.4 is 0 Å². The number of unbranched alkanes of at least 4 members (excludes halogenated alkanes) is 29. The van der Waals surface area contributed by atoms with Gasteiger partial charge in [0, 0.05) is 13.0 Å². The molecular weight excluding hydrogens is 504 g/mol. The summed E-state index contributed by atoms with van der Waals surface area (Å²) < 4.78 is 5.44. The summed E-state index contributed by atoms with van der Waals surface area (Å²) in [5.74, 6) is 0.0284. The average Bonchev–Trinajstić information content (AvgIpc) is 2.97. The van der Waals surface area contributed by atoms with Crippen LogP contribution in [0.5, 0.6) is 0 Å². The topological polar surface area (TPSA) is 46.5 Å². The summed E-state index contributed by atoms with van der Waals surface area (Å²) in [5.41, 5.74) is 0. The van der Waals surface area contributed by atoms with Gasteiger partial charge in [0.05, 0.1) is 6.61 Å². The third kappa shape index (κ3) is 44.0. The summed E-state index contributed by atoms with van der Waals surface area (Å²) in [5, 5.41) is 7.57. The molecule has 0 aliphatic rings. The second-order valence-electron chi connectivity index (χ2n) is 12.5. The van der Waals surface area contributed by atoms with Crippen molar-refractivity contribution >= 4 is 5.97 Å². The van der Waals surface area contributed by atoms with Crippen molar-refractivity contribution in [2.24, 2.45) is 0 Å². The fourth-order valence-corrected chi connectivity index (χ4v) is 5.55. The first-order chi connectivity index (χ1) is 20.2. The van der Waals surface area contributed by atoms with Crippen molar-refractivity contribution in [1.82, 2.24) is 0 Å². The van der Waals surface area contributed by atoms with Gasteiger partial charge in [0.15, 0.2) is 0 Å². The highest BCUT2D eigenvalue weighted by Gasteiger charge is 2.03. The van der Waals surface area contributed by atoms with Crippen LogP contribution in [-0.2, 0) is 9.53 Å². The third-order valence-electron chi connectivity index (χ3n) is 8.25. The first-order valence-electron chi connectivity index (χ1n) is 19.0. The molecule has 0 unspecified atom stereocenters. The van der Waals surface area contributed by atoms with E-state index in [1.165, 1.54) is 186 Å². The Hall–Kier alpha value is -0.570. The van der Waals surface area contributed by atoms with Crippen LogP contribution in [0.15, 0.2) is 0 Å². The number of carbonyl (C=O) groups is 1. The standard InChI is InChI=1S/C36H72O2.C2H6O/c1-3-5-7-9-11-13-15-17-19-21-23-25-27-29-31-33-35-38-36(37)34-32-30-28-26-24-22-20-18-16-14-12-10-8-6-4-2;1-2-3/h3-35H2,1-2H3;3H,2H2,1H3. The lowest BCUT2D eigenvalue weighted by Crippen LogP contribution is -2.05. The molecule has 0 atom stereocenters. The predicted molar refractivity (Wildman–Crippen MR) is 183 cm³/mol. The second-order valence-corrected chi connectivity index (χ2v) is 12.5. The molecule has 3 nitrogen and oxygen atoms in total. The molecule has 0 radical (unpaired) electrons. The molecule has 0 heterocycles. The maximum absolute atomic E-state index is 11.9. The fourth-order valence-electron chi connectivity index (χ4n) is 5.55. The van der Waals surface area contributed by atoms with Gasteiger partial charge in [-0.25, -0.2) is 0 Å². The third-order valence-corrected chi connectivity index (χ3v) is 8.25. The summed E-state index contributed by atoms with van der Waals surface area (Å²) in [6.07, 6.45) is 43.1. The van der Waals surface area contributed by atoms with Gasteiger partial charge in [0.2, 0.25) is 0 Å². The maximum atomic E-state index is 11.9. The molecule has 3 heteroatoms. The first-order valence-corrected chi connectivity index (χ1v) is 19.0. The predicted octanol–water partition coefficient (Wildman–Crippen LogP) is 13.1. The minimum Gasteiger partial charge on any atom is -0.466 e. The molecule has 0 aliphatic heterocycles. The zero-order valence-electron chi connectivity index (χ0n) is 28.8. The molecule has 0 rings (SSSR count). The molecule has 0 bridgehead atoms. The van der Waals surface area contributed by atoms with Gasteiger partial charge in [-0.15, -0.1) is 0 Å². The largest absolute Gasteiger partial charge is 0.466 e. The SMILES string of the molecule is CCCCCCCCCCCCCCCCCCOC(=O)CCCCCCCCCCCCCCCCC.CCO. The van der Waals surface area contributed by atoms with E-state index in [0.717, 1.165) is 12.8 Å². The summed E-state index contributed by atoms with van der Waals surface area (Å²) in [6, 6.07) is 0. The zero-order valence-corrected chi connectivity index (χ0v) is 28.8. The molecule has 41 heavy (non-hydrogen) atoms. The van der Waals surface area contributed by atoms with Gasteiger partial charge in [-0.3, -0.25) is 4.79 Å². The Morgan fingerprint density at radius 1 is 0.390 bits per heavy atom. The van der Waals surface area contributed by atoms with Crippen molar-refractivity contribution in [3.05, 3.63) is 0 Å². The number of rotatable bonds is 33. The van der Waals surface area contributed by atoms with Crippen molar-refractivity contribution in [2.45, 2.75) is 226 Å². The van der Waals surface area contributed by atoms with E-state index in [-0.39, 0.29) is 12.6 Å². The van der Waals surface area contributed by atoms with Crippen LogP contribution in [0.3, 0.4) is 0 Å². The van der Waals surface area contributed by atoms with Gasteiger partial charge < -0.3 is 9.84 Å². The molecule has 0 aromatic carbocycles. The number of hydrogen-bond acceptors (Lipinski definition) is 3. The lowest BCUT2D eigenvalue weighted by Gasteiger charge is -2.06. The van der Waals surface area contributed by atoms with Gasteiger partial charge in [-0.2, -0.15) is 0 Å². The van der Waals surface area contributed by atoms with E-state index < -0.39 is 0 Å². The quantitative estimate of drug-likeness (QED) is 0.0618. The number of esters is 1. The van der Waals surface area contributed by atoms with E-state index in [1.54, 1.807) is 6.92 Å². The molecule has 0 aromatic rings. The van der Waals surface area contributed by atoms with Crippen molar-refractivity contribution in [1.29, 1.82) is 0 Å². The van der Waals surface area contributed by atoms with E-state index in [2.05, 4.69) is 13.8 Å². The Kier molecular flexibility index (Phi) is 43.1. The Morgan fingerprint density at radius 3 is 0.878 bits per heavy atom. The van der Waals surface area contributed by atoms with Gasteiger partial charge in [0.1, 0.15) is 0 Å². The summed E-state index contributed by atoms with van der Waals surface area (Å²) in [7, 11) is 0. The molecule has 0 spiro atoms. The molecule has 0 aromatic heterocycles. The van der Waals surface area contributed by atoms with E-state index in [9.17, 15) is 4.79 Å². The van der Waals surface area contributed by atoms with Crippen LogP contribution in [0.4, 0.5) is 0 Å². The Morgan fingerprint density at radius 2 is 0.610 bits per heavy atom. The summed E-state index contributed by atoms with van der Waals surface area (Å²) >= 11 is 0. The van der Waals surface area contributed by atoms with Crippen LogP contribution in [-0.4, -0.2) is 24.3 Å². The Labute approximate surface area is 259 Å². The fraction of sp³-hybridized carbons (Fsp3) is 0.974. The smallest absolute Gasteiger partial charge is 0.305 e. The van der Waals surface area contributed by atoms with Crippen LogP contribution in [0.25, 0.3) is 0 Å². The highest BCUT2D eigenvalue weighted by atomic mass is 16.5. The van der Waals surface area contributed by atoms with Crippen molar-refractivity contribution in [2.75, 3.05) is 13.2 Å². The van der Waals surface area contributed by atoms with E-state index in [1.807, 2.05) is 0 Å². The Bertz CT molecular complexity index is 451. The maximum Gasteiger partial charge on any atom is 0.305 e. The summed E-state index contributed by atoms with van der Waals surface area (Å²) in [4.78, 5) is 11.9. The molecule has 0 fully saturated rings. The summed E-state index contributed by atoms with van der Waals surface area (Å²) in [6.45, 7) is 7.15. The molecule has 0 saturated heterocycles. The lowest BCUT2D eigenvalue weighted by atomic mass is 10.0. The van der Waals surface area contributed by atoms with Gasteiger partial charge in [-0.1, -0.05) is 200 Å². The number of ether oxygens (including phenoxy) is 1. The number of hydrogen-bond donors (Lipinski definition) is 1. The van der Waals surface area contributed by atoms with Crippen molar-refractivity contribution in [3.8, 4) is 0 Å². The lowest BCUT2D eigenvalue weighted by molar-refractivity contribution is -0.143. The highest BCUT2D eigenvalue weighted by Crippen LogP contribution is 2.15. The van der Waals surface area contributed by atoms with Gasteiger partial charge in [0.25, 0.3) is 0 Å². The molecule has 1 N–H and O–H groups in total. The second kappa shape index (κ2) is 41.6. The van der Waals surface area contributed by atoms with E-state index >= 15 is 0 Å². The number of aliphatic hydroxyl groups excluding tert-OH is 1. The normalized spacial score (nSPS) is 10.9. The molecule has 248 valence electrons. The monoisotopic (exact) mass is 583 g/mol. The van der Waals surface area contributed by atoms with Crippen molar-refractivity contribution in [3.63, 3.8) is 0 Å². The van der Waals surface area contributed by atoms with Crippen LogP contribution in [0, 0.1) is 0 Å². The van der Waals surface area contributed by atoms with E-state index in [4.69, 9.17) is 9.84 Å². The highest BCUT2D eigenvalue weighted by molar-refractivity contribution is 5.69. The van der Waals surface area contributed by atoms with Crippen molar-refractivity contribution < 1.29 is 14.6 Å². The zero-order chi connectivity index (χ0) is 30.3. The average molecular weight is 583 g/mol. The van der Waals surface area contributed by atoms with E-state index in [0.29, 0.717) is 13.0 Å². The van der Waals surface area contributed by atoms with Gasteiger partial charge in [-0.05, 0) is 19.8 Å². The van der Waals surface area contributed by atoms with Crippen LogP contribution in [0.1, 0.15) is 226 Å². The molecular formula is C38H78O3. The minimum atomic E-state index is 0.0284. The molecule has 0 aliphatic carbocycles. The van der Waals surface area contributed by atoms with Crippen LogP contribution >= 0.6 is 0 Å². The number of aliphatic hydroxyl groups is 1.